The first-order valence-corrected chi connectivity index (χ1v) is 7.56. The predicted molar refractivity (Wildman–Crippen MR) is 67.8 cm³/mol. The van der Waals surface area contributed by atoms with Gasteiger partial charge in [-0.25, -0.2) is 4.39 Å². The van der Waals surface area contributed by atoms with Gasteiger partial charge < -0.3 is 13.8 Å². The predicted octanol–water partition coefficient (Wildman–Crippen LogP) is 3.00. The van der Waals surface area contributed by atoms with Crippen molar-refractivity contribution < 1.29 is 27.5 Å². The summed E-state index contributed by atoms with van der Waals surface area (Å²) < 4.78 is 39.6. The summed E-state index contributed by atoms with van der Waals surface area (Å²) in [4.78, 5) is 11.6. The second-order valence-electron chi connectivity index (χ2n) is 3.53. The first-order chi connectivity index (χ1) is 8.99. The molecule has 0 unspecified atom stereocenters. The van der Waals surface area contributed by atoms with Crippen LogP contribution in [0.15, 0.2) is 24.3 Å². The summed E-state index contributed by atoms with van der Waals surface area (Å²) >= 11 is 0. The molecule has 0 N–H and O–H groups in total. The first kappa shape index (κ1) is 15.8. The summed E-state index contributed by atoms with van der Waals surface area (Å²) in [5.41, 5.74) is 0. The van der Waals surface area contributed by atoms with Crippen LogP contribution >= 0.6 is 7.60 Å². The van der Waals surface area contributed by atoms with Crippen LogP contribution in [0.1, 0.15) is 13.8 Å². The van der Waals surface area contributed by atoms with E-state index >= 15 is 0 Å². The van der Waals surface area contributed by atoms with Crippen molar-refractivity contribution in [1.29, 1.82) is 0 Å². The Hall–Kier alpha value is -1.23. The third-order valence-corrected chi connectivity index (χ3v) is 3.97. The fraction of sp³-hybridized carbons (Fsp3) is 0.417. The van der Waals surface area contributed by atoms with Crippen molar-refractivity contribution in [2.45, 2.75) is 13.8 Å². The second-order valence-corrected chi connectivity index (χ2v) is 5.59. The number of hydrogen-bond acceptors (Lipinski definition) is 5. The molecule has 0 saturated heterocycles. The average Bonchev–Trinajstić information content (AvgIpc) is 2.32. The molecular weight excluding hydrogens is 274 g/mol. The van der Waals surface area contributed by atoms with Crippen molar-refractivity contribution in [1.82, 2.24) is 0 Å². The number of hydrogen-bond donors (Lipinski definition) is 0. The Kier molecular flexibility index (Phi) is 6.15. The molecule has 0 aliphatic carbocycles. The van der Waals surface area contributed by atoms with Gasteiger partial charge in [0.2, 0.25) is 0 Å². The molecule has 0 aromatic heterocycles. The quantitative estimate of drug-likeness (QED) is 0.439. The molecule has 0 aliphatic rings. The summed E-state index contributed by atoms with van der Waals surface area (Å²) in [6.45, 7) is 3.64. The van der Waals surface area contributed by atoms with E-state index in [1.807, 2.05) is 0 Å². The number of halogens is 1. The van der Waals surface area contributed by atoms with Gasteiger partial charge in [0.1, 0.15) is 17.7 Å². The molecule has 0 amide bonds. The minimum Gasteiger partial charge on any atom is -0.426 e. The molecule has 0 heterocycles. The van der Waals surface area contributed by atoms with Crippen LogP contribution in [-0.2, 0) is 18.4 Å². The summed E-state index contributed by atoms with van der Waals surface area (Å²) in [7, 11) is -3.47. The van der Waals surface area contributed by atoms with E-state index in [1.165, 1.54) is 12.1 Å². The van der Waals surface area contributed by atoms with Crippen LogP contribution in [0.2, 0.25) is 0 Å². The molecule has 1 aromatic carbocycles. The molecular formula is C12H16FO5P. The molecule has 0 fully saturated rings. The Morgan fingerprint density at radius 2 is 1.68 bits per heavy atom. The summed E-state index contributed by atoms with van der Waals surface area (Å²) in [5, 5.41) is 0. The van der Waals surface area contributed by atoms with Gasteiger partial charge in [-0.15, -0.1) is 0 Å². The number of benzene rings is 1. The van der Waals surface area contributed by atoms with Crippen LogP contribution < -0.4 is 4.74 Å². The lowest BCUT2D eigenvalue weighted by molar-refractivity contribution is -0.131. The molecule has 7 heteroatoms. The van der Waals surface area contributed by atoms with Gasteiger partial charge in [-0.2, -0.15) is 0 Å². The normalized spacial score (nSPS) is 11.3. The molecule has 0 aliphatic heterocycles. The fourth-order valence-electron chi connectivity index (χ4n) is 1.35. The lowest BCUT2D eigenvalue weighted by Gasteiger charge is -2.15. The monoisotopic (exact) mass is 290 g/mol. The highest BCUT2D eigenvalue weighted by molar-refractivity contribution is 7.54. The van der Waals surface area contributed by atoms with Gasteiger partial charge in [0, 0.05) is 0 Å². The van der Waals surface area contributed by atoms with Crippen LogP contribution in [-0.4, -0.2) is 25.3 Å². The Balaban J connectivity index is 2.62. The molecule has 0 radical (unpaired) electrons. The number of carbonyl (C=O) groups excluding carboxylic acids is 1. The van der Waals surface area contributed by atoms with Gasteiger partial charge in [0.05, 0.1) is 13.2 Å². The van der Waals surface area contributed by atoms with E-state index in [4.69, 9.17) is 13.8 Å². The van der Waals surface area contributed by atoms with Crippen molar-refractivity contribution in [2.75, 3.05) is 19.4 Å². The molecule has 0 atom stereocenters. The van der Waals surface area contributed by atoms with Crippen LogP contribution in [0.4, 0.5) is 4.39 Å². The van der Waals surface area contributed by atoms with Crippen molar-refractivity contribution in [3.05, 3.63) is 30.1 Å². The molecule has 1 aromatic rings. The highest BCUT2D eigenvalue weighted by atomic mass is 31.2. The second kappa shape index (κ2) is 7.38. The van der Waals surface area contributed by atoms with E-state index in [9.17, 15) is 13.8 Å². The summed E-state index contributed by atoms with van der Waals surface area (Å²) in [5.74, 6) is -1.02. The Bertz CT molecular complexity index is 450. The van der Waals surface area contributed by atoms with Gasteiger partial charge >= 0.3 is 13.6 Å². The van der Waals surface area contributed by atoms with Crippen molar-refractivity contribution in [3.63, 3.8) is 0 Å². The van der Waals surface area contributed by atoms with Crippen LogP contribution in [0.25, 0.3) is 0 Å². The minimum atomic E-state index is -3.47. The highest BCUT2D eigenvalue weighted by Gasteiger charge is 2.28. The van der Waals surface area contributed by atoms with Crippen LogP contribution in [0, 0.1) is 5.82 Å². The molecule has 19 heavy (non-hydrogen) atoms. The van der Waals surface area contributed by atoms with Gasteiger partial charge in [-0.05, 0) is 38.1 Å². The van der Waals surface area contributed by atoms with E-state index in [0.29, 0.717) is 0 Å². The maximum atomic E-state index is 12.7. The molecule has 0 bridgehead atoms. The van der Waals surface area contributed by atoms with E-state index in [0.717, 1.165) is 12.1 Å². The topological polar surface area (TPSA) is 61.8 Å². The van der Waals surface area contributed by atoms with Crippen molar-refractivity contribution in [3.8, 4) is 5.75 Å². The van der Waals surface area contributed by atoms with E-state index in [2.05, 4.69) is 0 Å². The molecule has 106 valence electrons. The van der Waals surface area contributed by atoms with E-state index < -0.39 is 25.5 Å². The lowest BCUT2D eigenvalue weighted by atomic mass is 10.3. The maximum Gasteiger partial charge on any atom is 0.341 e. The van der Waals surface area contributed by atoms with Gasteiger partial charge in [-0.3, -0.25) is 9.36 Å². The average molecular weight is 290 g/mol. The summed E-state index contributed by atoms with van der Waals surface area (Å²) in [6.07, 6.45) is -0.480. The number of carbonyl (C=O) groups is 1. The van der Waals surface area contributed by atoms with Gasteiger partial charge in [0.25, 0.3) is 0 Å². The van der Waals surface area contributed by atoms with Gasteiger partial charge in [0.15, 0.2) is 0 Å². The molecule has 0 spiro atoms. The number of ether oxygens (including phenoxy) is 1. The summed E-state index contributed by atoms with van der Waals surface area (Å²) in [6, 6.07) is 4.93. The molecule has 0 saturated carbocycles. The number of esters is 1. The lowest BCUT2D eigenvalue weighted by Crippen LogP contribution is -2.15. The highest BCUT2D eigenvalue weighted by Crippen LogP contribution is 2.47. The van der Waals surface area contributed by atoms with Crippen LogP contribution in [0.3, 0.4) is 0 Å². The SMILES string of the molecule is CCOP(=O)(CC(=O)Oc1ccc(F)cc1)OCC. The molecule has 5 nitrogen and oxygen atoms in total. The van der Waals surface area contributed by atoms with Gasteiger partial charge in [-0.1, -0.05) is 0 Å². The van der Waals surface area contributed by atoms with Crippen molar-refractivity contribution >= 4 is 13.6 Å². The largest absolute Gasteiger partial charge is 0.426 e. The number of rotatable bonds is 7. The van der Waals surface area contributed by atoms with Crippen molar-refractivity contribution in [2.24, 2.45) is 0 Å². The first-order valence-electron chi connectivity index (χ1n) is 5.83. The zero-order valence-corrected chi connectivity index (χ0v) is 11.7. The third kappa shape index (κ3) is 5.51. The Labute approximate surface area is 111 Å². The van der Waals surface area contributed by atoms with E-state index in [1.54, 1.807) is 13.8 Å². The fourth-order valence-corrected chi connectivity index (χ4v) is 2.77. The zero-order valence-electron chi connectivity index (χ0n) is 10.8. The third-order valence-electron chi connectivity index (χ3n) is 2.02. The van der Waals surface area contributed by atoms with Crippen LogP contribution in [0.5, 0.6) is 5.75 Å². The molecule has 1 rings (SSSR count). The smallest absolute Gasteiger partial charge is 0.341 e. The van der Waals surface area contributed by atoms with E-state index in [-0.39, 0.29) is 19.0 Å². The minimum absolute atomic E-state index is 0.168. The standard InChI is InChI=1S/C12H16FO5P/c1-3-16-19(15,17-4-2)9-12(14)18-11-7-5-10(13)6-8-11/h5-8H,3-4,9H2,1-2H3. The maximum absolute atomic E-state index is 12.7. The Morgan fingerprint density at radius 1 is 1.16 bits per heavy atom. The zero-order chi connectivity index (χ0) is 14.3. The Morgan fingerprint density at radius 3 is 2.16 bits per heavy atom.